The van der Waals surface area contributed by atoms with Gasteiger partial charge in [0.2, 0.25) is 0 Å². The van der Waals surface area contributed by atoms with Gasteiger partial charge >= 0.3 is 0 Å². The third-order valence-corrected chi connectivity index (χ3v) is 7.87. The number of hydrogen-bond donors (Lipinski definition) is 1. The van der Waals surface area contributed by atoms with Crippen molar-refractivity contribution in [3.63, 3.8) is 0 Å². The molecule has 172 valence electrons. The summed E-state index contributed by atoms with van der Waals surface area (Å²) in [6.45, 7) is 4.12. The van der Waals surface area contributed by atoms with Gasteiger partial charge < -0.3 is 24.3 Å². The molecule has 3 aliphatic rings. The molecule has 2 aromatic carbocycles. The van der Waals surface area contributed by atoms with Crippen LogP contribution in [0.3, 0.4) is 0 Å². The van der Waals surface area contributed by atoms with E-state index in [0.717, 1.165) is 50.2 Å². The van der Waals surface area contributed by atoms with E-state index < -0.39 is 0 Å². The van der Waals surface area contributed by atoms with Crippen LogP contribution in [0.5, 0.6) is 5.75 Å². The molecule has 33 heavy (non-hydrogen) atoms. The molecule has 0 saturated carbocycles. The third kappa shape index (κ3) is 3.73. The van der Waals surface area contributed by atoms with Gasteiger partial charge in [0.25, 0.3) is 0 Å². The summed E-state index contributed by atoms with van der Waals surface area (Å²) in [5, 5.41) is 3.89. The van der Waals surface area contributed by atoms with Gasteiger partial charge in [0, 0.05) is 31.8 Å². The molecule has 3 aliphatic heterocycles. The second kappa shape index (κ2) is 8.23. The lowest BCUT2D eigenvalue weighted by Crippen LogP contribution is -2.47. The molecule has 1 atom stereocenters. The van der Waals surface area contributed by atoms with Crippen LogP contribution in [0.1, 0.15) is 36.9 Å². The maximum Gasteiger partial charge on any atom is 0.121 e. The van der Waals surface area contributed by atoms with Crippen molar-refractivity contribution in [2.24, 2.45) is 0 Å². The summed E-state index contributed by atoms with van der Waals surface area (Å²) in [7, 11) is 1.72. The number of ether oxygens (including phenoxy) is 2. The molecule has 2 saturated heterocycles. The Kier molecular flexibility index (Phi) is 5.19. The van der Waals surface area contributed by atoms with Crippen molar-refractivity contribution in [3.8, 4) is 11.4 Å². The highest BCUT2D eigenvalue weighted by molar-refractivity contribution is 5.69. The zero-order chi connectivity index (χ0) is 22.3. The molecule has 1 aromatic heterocycles. The molecule has 5 nitrogen and oxygen atoms in total. The number of methoxy groups -OCH3 is 1. The van der Waals surface area contributed by atoms with Gasteiger partial charge in [-0.1, -0.05) is 30.3 Å². The van der Waals surface area contributed by atoms with E-state index >= 15 is 0 Å². The number of rotatable bonds is 5. The van der Waals surface area contributed by atoms with Crippen LogP contribution in [0.15, 0.2) is 66.9 Å². The van der Waals surface area contributed by atoms with E-state index in [2.05, 4.69) is 75.6 Å². The van der Waals surface area contributed by atoms with Gasteiger partial charge in [0.15, 0.2) is 0 Å². The lowest BCUT2D eigenvalue weighted by Gasteiger charge is -2.41. The van der Waals surface area contributed by atoms with Crippen molar-refractivity contribution in [1.29, 1.82) is 0 Å². The Labute approximate surface area is 196 Å². The number of benzene rings is 2. The Bertz CT molecular complexity index is 1120. The molecule has 0 bridgehead atoms. The summed E-state index contributed by atoms with van der Waals surface area (Å²) in [5.41, 5.74) is 4.83. The molecule has 0 unspecified atom stereocenters. The van der Waals surface area contributed by atoms with E-state index in [1.807, 2.05) is 6.07 Å². The van der Waals surface area contributed by atoms with Crippen LogP contribution in [-0.2, 0) is 16.7 Å². The van der Waals surface area contributed by atoms with Crippen LogP contribution >= 0.6 is 0 Å². The number of fused-ring (bicyclic) bond motifs is 4. The second-order valence-corrected chi connectivity index (χ2v) is 9.93. The quantitative estimate of drug-likeness (QED) is 0.603. The summed E-state index contributed by atoms with van der Waals surface area (Å²) >= 11 is 0. The van der Waals surface area contributed by atoms with Gasteiger partial charge in [-0.15, -0.1) is 0 Å². The normalized spacial score (nSPS) is 23.3. The number of likely N-dealkylation sites (tertiary alicyclic amines) is 1. The topological polar surface area (TPSA) is 38.7 Å². The Balaban J connectivity index is 1.13. The number of piperidine rings is 1. The average molecular weight is 444 g/mol. The Morgan fingerprint density at radius 2 is 1.88 bits per heavy atom. The third-order valence-electron chi connectivity index (χ3n) is 7.87. The molecule has 5 heteroatoms. The first-order valence-electron chi connectivity index (χ1n) is 12.2. The smallest absolute Gasteiger partial charge is 0.121 e. The van der Waals surface area contributed by atoms with E-state index in [4.69, 9.17) is 9.47 Å². The highest BCUT2D eigenvalue weighted by Gasteiger charge is 2.53. The largest absolute Gasteiger partial charge is 0.497 e. The second-order valence-electron chi connectivity index (χ2n) is 9.93. The Morgan fingerprint density at radius 1 is 1.03 bits per heavy atom. The van der Waals surface area contributed by atoms with E-state index in [-0.39, 0.29) is 11.1 Å². The molecule has 3 aromatic rings. The summed E-state index contributed by atoms with van der Waals surface area (Å²) < 4.78 is 14.5. The summed E-state index contributed by atoms with van der Waals surface area (Å²) in [6.07, 6.45) is 7.77. The van der Waals surface area contributed by atoms with E-state index in [1.165, 1.54) is 29.9 Å². The summed E-state index contributed by atoms with van der Waals surface area (Å²) in [5.74, 6) is 0.879. The van der Waals surface area contributed by atoms with Crippen molar-refractivity contribution in [2.45, 2.75) is 43.2 Å². The maximum absolute atomic E-state index is 6.66. The fraction of sp³-hybridized carbons (Fsp3) is 0.429. The standard InChI is InChI=1S/C28H33N3O2/c1-32-23-11-12-25-24(19-23)29-28(26-10-6-16-31(25)26)20-27(33-21-28)13-17-30(18-14-27)15-5-9-22-7-3-2-4-8-22/h2-4,6-8,10-12,16,19,29H,5,9,13-15,17-18,20-21H2,1H3/t28-/m0/s1. The van der Waals surface area contributed by atoms with Crippen molar-refractivity contribution in [1.82, 2.24) is 9.47 Å². The van der Waals surface area contributed by atoms with Crippen LogP contribution in [0.25, 0.3) is 5.69 Å². The first kappa shape index (κ1) is 20.8. The maximum atomic E-state index is 6.66. The van der Waals surface area contributed by atoms with Crippen molar-refractivity contribution in [3.05, 3.63) is 78.1 Å². The van der Waals surface area contributed by atoms with E-state index in [1.54, 1.807) is 7.11 Å². The van der Waals surface area contributed by atoms with Gasteiger partial charge in [0.05, 0.1) is 36.4 Å². The van der Waals surface area contributed by atoms with Crippen molar-refractivity contribution in [2.75, 3.05) is 38.7 Å². The molecule has 4 heterocycles. The van der Waals surface area contributed by atoms with Crippen LogP contribution in [-0.4, -0.2) is 48.4 Å². The highest BCUT2D eigenvalue weighted by Crippen LogP contribution is 2.50. The zero-order valence-electron chi connectivity index (χ0n) is 19.4. The monoisotopic (exact) mass is 443 g/mol. The molecule has 2 spiro atoms. The Hall–Kier alpha value is -2.76. The highest BCUT2D eigenvalue weighted by atomic mass is 16.5. The molecule has 2 fully saturated rings. The SMILES string of the molecule is COc1ccc2c(c1)N[C@@]1(COC3(CCN(CCCc4ccccc4)CC3)C1)c1cccn1-2. The zero-order valence-corrected chi connectivity index (χ0v) is 19.4. The van der Waals surface area contributed by atoms with Crippen LogP contribution < -0.4 is 10.1 Å². The fourth-order valence-corrected chi connectivity index (χ4v) is 6.08. The summed E-state index contributed by atoms with van der Waals surface area (Å²) in [4.78, 5) is 2.62. The number of anilines is 1. The number of aromatic nitrogens is 1. The van der Waals surface area contributed by atoms with Crippen molar-refractivity contribution >= 4 is 5.69 Å². The van der Waals surface area contributed by atoms with E-state index in [0.29, 0.717) is 6.61 Å². The minimum absolute atomic E-state index is 0.0333. The van der Waals surface area contributed by atoms with Gasteiger partial charge in [-0.05, 0) is 62.1 Å². The first-order valence-corrected chi connectivity index (χ1v) is 12.2. The average Bonchev–Trinajstić information content (AvgIpc) is 3.48. The van der Waals surface area contributed by atoms with Gasteiger partial charge in [-0.25, -0.2) is 0 Å². The van der Waals surface area contributed by atoms with E-state index in [9.17, 15) is 0 Å². The predicted octanol–water partition coefficient (Wildman–Crippen LogP) is 4.99. The lowest BCUT2D eigenvalue weighted by molar-refractivity contribution is -0.0438. The summed E-state index contributed by atoms with van der Waals surface area (Å²) in [6, 6.07) is 21.5. The van der Waals surface area contributed by atoms with Crippen LogP contribution in [0, 0.1) is 0 Å². The number of nitrogens with zero attached hydrogens (tertiary/aromatic N) is 2. The molecule has 0 aliphatic carbocycles. The molecule has 0 amide bonds. The van der Waals surface area contributed by atoms with Gasteiger partial charge in [-0.3, -0.25) is 0 Å². The van der Waals surface area contributed by atoms with Crippen molar-refractivity contribution < 1.29 is 9.47 Å². The number of nitrogens with one attached hydrogen (secondary N) is 1. The molecular weight excluding hydrogens is 410 g/mol. The first-order chi connectivity index (χ1) is 16.2. The molecule has 1 N–H and O–H groups in total. The van der Waals surface area contributed by atoms with Crippen LogP contribution in [0.4, 0.5) is 5.69 Å². The number of aryl methyl sites for hydroxylation is 1. The predicted molar refractivity (Wildman–Crippen MR) is 131 cm³/mol. The van der Waals surface area contributed by atoms with Crippen LogP contribution in [0.2, 0.25) is 0 Å². The minimum Gasteiger partial charge on any atom is -0.497 e. The fourth-order valence-electron chi connectivity index (χ4n) is 6.08. The molecular formula is C28H33N3O2. The molecule has 0 radical (unpaired) electrons. The molecule has 6 rings (SSSR count). The van der Waals surface area contributed by atoms with Gasteiger partial charge in [0.1, 0.15) is 11.3 Å². The van der Waals surface area contributed by atoms with Gasteiger partial charge in [-0.2, -0.15) is 0 Å². The number of hydrogen-bond acceptors (Lipinski definition) is 4. The lowest BCUT2D eigenvalue weighted by atomic mass is 9.79. The Morgan fingerprint density at radius 3 is 2.70 bits per heavy atom. The minimum atomic E-state index is -0.182.